The third-order valence-corrected chi connectivity index (χ3v) is 9.83. The van der Waals surface area contributed by atoms with Gasteiger partial charge in [-0.25, -0.2) is 9.69 Å². The molecule has 1 unspecified atom stereocenters. The Balaban J connectivity index is 0.000000219. The standard InChI is InChI=1S/C17H22BrNO6S.C10H8BrNOS/c1-6-17(10-24-26(5,22)23)12-8-7-11(18)9-13(12)19(14(17)20)15(21)25-16(2,3)4;11-6-1-2-7-8(3-6)12-9(13)10(7)4-14-5-10/h7-9H,6,10H2,1-5H3;1-3H,4-5H2,(H,12,13). The van der Waals surface area contributed by atoms with Crippen molar-refractivity contribution >= 4 is 83.0 Å². The molecule has 1 N–H and O–H groups in total. The van der Waals surface area contributed by atoms with Gasteiger partial charge in [0.25, 0.3) is 10.1 Å². The average molecular weight is 718 g/mol. The molecule has 1 saturated heterocycles. The van der Waals surface area contributed by atoms with Crippen LogP contribution in [0.1, 0.15) is 45.2 Å². The number of fused-ring (bicyclic) bond motifs is 3. The molecule has 216 valence electrons. The molecule has 13 heteroatoms. The number of anilines is 2. The summed E-state index contributed by atoms with van der Waals surface area (Å²) in [5.41, 5.74) is 0.760. The molecule has 5 rings (SSSR count). The van der Waals surface area contributed by atoms with Crippen LogP contribution in [0.3, 0.4) is 0 Å². The Morgan fingerprint density at radius 2 is 1.68 bits per heavy atom. The molecule has 1 spiro atoms. The maximum absolute atomic E-state index is 13.2. The van der Waals surface area contributed by atoms with Crippen molar-refractivity contribution < 1.29 is 31.7 Å². The molecule has 0 aromatic heterocycles. The van der Waals surface area contributed by atoms with Gasteiger partial charge in [0.1, 0.15) is 11.0 Å². The number of ether oxygens (including phenoxy) is 1. The van der Waals surface area contributed by atoms with E-state index in [4.69, 9.17) is 8.92 Å². The zero-order valence-electron chi connectivity index (χ0n) is 22.7. The fraction of sp³-hybridized carbons (Fsp3) is 0.444. The molecule has 0 saturated carbocycles. The third kappa shape index (κ3) is 5.85. The summed E-state index contributed by atoms with van der Waals surface area (Å²) in [5.74, 6) is 1.45. The van der Waals surface area contributed by atoms with Crippen molar-refractivity contribution in [1.82, 2.24) is 0 Å². The van der Waals surface area contributed by atoms with E-state index in [0.29, 0.717) is 15.7 Å². The lowest BCUT2D eigenvalue weighted by molar-refractivity contribution is -0.124. The molecule has 3 aliphatic rings. The number of rotatable bonds is 4. The number of halogens is 2. The van der Waals surface area contributed by atoms with E-state index in [2.05, 4.69) is 43.2 Å². The van der Waals surface area contributed by atoms with E-state index in [0.717, 1.165) is 32.8 Å². The van der Waals surface area contributed by atoms with Crippen molar-refractivity contribution in [1.29, 1.82) is 0 Å². The first-order chi connectivity index (χ1) is 18.5. The molecule has 0 bridgehead atoms. The van der Waals surface area contributed by atoms with Crippen molar-refractivity contribution in [2.75, 3.05) is 34.6 Å². The third-order valence-electron chi connectivity index (χ3n) is 6.90. The van der Waals surface area contributed by atoms with Crippen molar-refractivity contribution in [3.05, 3.63) is 56.5 Å². The highest BCUT2D eigenvalue weighted by atomic mass is 79.9. The number of thioether (sulfide) groups is 1. The molecule has 40 heavy (non-hydrogen) atoms. The second kappa shape index (κ2) is 11.0. The number of carbonyl (C=O) groups is 3. The Labute approximate surface area is 255 Å². The molecule has 2 aromatic carbocycles. The van der Waals surface area contributed by atoms with E-state index < -0.39 is 33.1 Å². The van der Waals surface area contributed by atoms with Crippen LogP contribution in [0.2, 0.25) is 0 Å². The van der Waals surface area contributed by atoms with Gasteiger partial charge in [0.15, 0.2) is 0 Å². The Hall–Kier alpha value is -1.93. The summed E-state index contributed by atoms with van der Waals surface area (Å²) in [6.45, 7) is 6.47. The fourth-order valence-electron chi connectivity index (χ4n) is 4.81. The van der Waals surface area contributed by atoms with Crippen LogP contribution < -0.4 is 10.2 Å². The lowest BCUT2D eigenvalue weighted by atomic mass is 9.80. The highest BCUT2D eigenvalue weighted by Crippen LogP contribution is 2.49. The molecule has 1 fully saturated rings. The minimum atomic E-state index is -3.76. The molecular weight excluding hydrogens is 688 g/mol. The number of nitrogens with zero attached hydrogens (tertiary/aromatic N) is 1. The molecule has 9 nitrogen and oxygen atoms in total. The molecule has 2 aromatic rings. The van der Waals surface area contributed by atoms with Crippen LogP contribution in [0.5, 0.6) is 0 Å². The van der Waals surface area contributed by atoms with Gasteiger partial charge in [-0.1, -0.05) is 50.9 Å². The van der Waals surface area contributed by atoms with E-state index in [1.54, 1.807) is 45.9 Å². The second-order valence-electron chi connectivity index (χ2n) is 10.9. The van der Waals surface area contributed by atoms with Crippen LogP contribution in [0.25, 0.3) is 0 Å². The number of imide groups is 1. The quantitative estimate of drug-likeness (QED) is 0.398. The molecule has 3 aliphatic heterocycles. The predicted molar refractivity (Wildman–Crippen MR) is 162 cm³/mol. The summed E-state index contributed by atoms with van der Waals surface area (Å²) >= 11 is 8.57. The summed E-state index contributed by atoms with van der Waals surface area (Å²) in [6, 6.07) is 11.1. The number of benzene rings is 2. The minimum absolute atomic E-state index is 0.171. The van der Waals surface area contributed by atoms with E-state index >= 15 is 0 Å². The highest BCUT2D eigenvalue weighted by Gasteiger charge is 2.54. The molecule has 1 atom stereocenters. The molecular formula is C27H30Br2N2O7S2. The van der Waals surface area contributed by atoms with Gasteiger partial charge in [-0.2, -0.15) is 20.2 Å². The number of hydrogen-bond donors (Lipinski definition) is 1. The van der Waals surface area contributed by atoms with Gasteiger partial charge in [0, 0.05) is 26.1 Å². The summed E-state index contributed by atoms with van der Waals surface area (Å²) in [5, 5.41) is 2.95. The van der Waals surface area contributed by atoms with Crippen molar-refractivity contribution in [3.8, 4) is 0 Å². The molecule has 3 heterocycles. The second-order valence-corrected chi connectivity index (χ2v) is 15.4. The zero-order chi connectivity index (χ0) is 29.7. The summed E-state index contributed by atoms with van der Waals surface area (Å²) < 4.78 is 35.0. The first kappa shape index (κ1) is 31.0. The summed E-state index contributed by atoms with van der Waals surface area (Å²) in [4.78, 5) is 38.6. The van der Waals surface area contributed by atoms with Gasteiger partial charge in [-0.15, -0.1) is 0 Å². The number of nitrogens with one attached hydrogen (secondary N) is 1. The van der Waals surface area contributed by atoms with Gasteiger partial charge in [-0.05, 0) is 62.6 Å². The Morgan fingerprint density at radius 3 is 2.20 bits per heavy atom. The topological polar surface area (TPSA) is 119 Å². The van der Waals surface area contributed by atoms with Gasteiger partial charge in [0.2, 0.25) is 11.8 Å². The monoisotopic (exact) mass is 716 g/mol. The van der Waals surface area contributed by atoms with Crippen LogP contribution in [0.4, 0.5) is 16.2 Å². The zero-order valence-corrected chi connectivity index (χ0v) is 27.5. The van der Waals surface area contributed by atoms with Crippen molar-refractivity contribution in [2.45, 2.75) is 50.5 Å². The minimum Gasteiger partial charge on any atom is -0.443 e. The fourth-order valence-corrected chi connectivity index (χ4v) is 7.12. The van der Waals surface area contributed by atoms with Gasteiger partial charge < -0.3 is 10.1 Å². The first-order valence-electron chi connectivity index (χ1n) is 12.4. The smallest absolute Gasteiger partial charge is 0.421 e. The number of hydrogen-bond acceptors (Lipinski definition) is 8. The lowest BCUT2D eigenvalue weighted by Gasteiger charge is -2.35. The Morgan fingerprint density at radius 1 is 1.07 bits per heavy atom. The van der Waals surface area contributed by atoms with Crippen LogP contribution in [-0.2, 0) is 39.5 Å². The van der Waals surface area contributed by atoms with Crippen LogP contribution in [-0.4, -0.2) is 56.3 Å². The predicted octanol–water partition coefficient (Wildman–Crippen LogP) is 5.74. The Bertz CT molecular complexity index is 1490. The SMILES string of the molecule is CCC1(COS(C)(=O)=O)C(=O)N(C(=O)OC(C)(C)C)c2cc(Br)ccc21.O=C1Nc2cc(Br)ccc2C12CSC2. The molecule has 0 aliphatic carbocycles. The van der Waals surface area contributed by atoms with Gasteiger partial charge >= 0.3 is 6.09 Å². The average Bonchev–Trinajstić information content (AvgIpc) is 3.23. The normalized spacial score (nSPS) is 20.7. The lowest BCUT2D eigenvalue weighted by Crippen LogP contribution is -2.47. The van der Waals surface area contributed by atoms with Crippen LogP contribution >= 0.6 is 43.6 Å². The Kier molecular flexibility index (Phi) is 8.57. The van der Waals surface area contributed by atoms with E-state index in [1.807, 2.05) is 23.9 Å². The van der Waals surface area contributed by atoms with Crippen LogP contribution in [0, 0.1) is 0 Å². The van der Waals surface area contributed by atoms with Crippen molar-refractivity contribution in [3.63, 3.8) is 0 Å². The van der Waals surface area contributed by atoms with E-state index in [9.17, 15) is 22.8 Å². The van der Waals surface area contributed by atoms with Crippen molar-refractivity contribution in [2.24, 2.45) is 0 Å². The maximum atomic E-state index is 13.2. The largest absolute Gasteiger partial charge is 0.443 e. The van der Waals surface area contributed by atoms with E-state index in [1.165, 1.54) is 5.56 Å². The van der Waals surface area contributed by atoms with Gasteiger partial charge in [0.05, 0.1) is 24.0 Å². The van der Waals surface area contributed by atoms with Crippen LogP contribution in [0.15, 0.2) is 45.3 Å². The van der Waals surface area contributed by atoms with Gasteiger partial charge in [-0.3, -0.25) is 13.8 Å². The summed E-state index contributed by atoms with van der Waals surface area (Å²) in [7, 11) is -3.76. The number of amides is 3. The first-order valence-corrected chi connectivity index (χ1v) is 17.0. The van der Waals surface area contributed by atoms with E-state index in [-0.39, 0.29) is 24.3 Å². The maximum Gasteiger partial charge on any atom is 0.421 e. The summed E-state index contributed by atoms with van der Waals surface area (Å²) in [6.07, 6.45) is 0.371. The highest BCUT2D eigenvalue weighted by molar-refractivity contribution is 9.10. The number of carbonyl (C=O) groups excluding carboxylic acids is 3. The molecule has 3 amide bonds. The molecule has 0 radical (unpaired) electrons.